The van der Waals surface area contributed by atoms with Gasteiger partial charge >= 0.3 is 73.0 Å². The first-order valence-corrected chi connectivity index (χ1v) is 2.70. The zero-order valence-electron chi connectivity index (χ0n) is 6.08. The Morgan fingerprint density at radius 3 is 1.00 bits per heavy atom. The van der Waals surface area contributed by atoms with Crippen molar-refractivity contribution >= 4 is 29.4 Å². The Morgan fingerprint density at radius 2 is 0.846 bits per heavy atom. The Kier molecular flexibility index (Phi) is 5.57. The summed E-state index contributed by atoms with van der Waals surface area (Å²) in [6.45, 7) is 0. The molecule has 0 aliphatic rings. The van der Waals surface area contributed by atoms with Gasteiger partial charge in [-0.05, 0) is 0 Å². The topological polar surface area (TPSA) is 105 Å². The molecule has 12 heteroatoms. The van der Waals surface area contributed by atoms with E-state index >= 15 is 0 Å². The summed E-state index contributed by atoms with van der Waals surface area (Å²) in [6.07, 6.45) is -2.77. The summed E-state index contributed by atoms with van der Waals surface area (Å²) in [6, 6.07) is 0. The molecule has 0 spiro atoms. The van der Waals surface area contributed by atoms with E-state index in [4.69, 9.17) is 0 Å². The van der Waals surface area contributed by atoms with E-state index in [0.29, 0.717) is 0 Å². The second kappa shape index (κ2) is 6.21. The van der Waals surface area contributed by atoms with Gasteiger partial charge in [0.25, 0.3) is 0 Å². The van der Waals surface area contributed by atoms with E-state index in [-0.39, 0.29) is 29.4 Å². The van der Waals surface area contributed by atoms with E-state index in [0.717, 1.165) is 0 Å². The van der Waals surface area contributed by atoms with Crippen molar-refractivity contribution in [3.05, 3.63) is 0 Å². The van der Waals surface area contributed by atoms with Crippen molar-refractivity contribution in [3.8, 4) is 0 Å². The van der Waals surface area contributed by atoms with E-state index in [9.17, 15) is 18.8 Å². The molecule has 0 rings (SSSR count). The van der Waals surface area contributed by atoms with Crippen LogP contribution >= 0.6 is 0 Å². The predicted molar refractivity (Wildman–Crippen MR) is 32.8 cm³/mol. The molecule has 0 heterocycles. The van der Waals surface area contributed by atoms with Gasteiger partial charge in [-0.15, -0.1) is 0 Å². The van der Waals surface area contributed by atoms with Crippen LogP contribution in [0.4, 0.5) is 0 Å². The first kappa shape index (κ1) is 11.7. The Hall–Kier alpha value is -1.34. The van der Waals surface area contributed by atoms with Crippen LogP contribution in [0.2, 0.25) is 0 Å². The summed E-state index contributed by atoms with van der Waals surface area (Å²) < 4.78 is 55.0. The molecule has 0 aromatic rings. The molecule has 13 heavy (non-hydrogen) atoms. The van der Waals surface area contributed by atoms with Gasteiger partial charge in [0.05, 0.1) is 0 Å². The summed E-state index contributed by atoms with van der Waals surface area (Å²) in [5.41, 5.74) is 0. The molecule has 0 N–H and O–H groups in total. The van der Waals surface area contributed by atoms with Crippen molar-refractivity contribution < 1.29 is 37.4 Å². The van der Waals surface area contributed by atoms with Crippen molar-refractivity contribution in [3.63, 3.8) is 0 Å². The maximum absolute atomic E-state index is 9.83. The zero-order valence-corrected chi connectivity index (χ0v) is 6.08. The normalized spacial score (nSPS) is 8.00. The molecule has 0 bridgehead atoms. The quantitative estimate of drug-likeness (QED) is 0.301. The number of hydrogen-bond donors (Lipinski definition) is 0. The third-order valence-electron chi connectivity index (χ3n) is 0.770. The van der Waals surface area contributed by atoms with Crippen molar-refractivity contribution in [2.75, 3.05) is 0 Å². The fourth-order valence-corrected chi connectivity index (χ4v) is 0.402. The van der Waals surface area contributed by atoms with Crippen LogP contribution in [0, 0.1) is 0 Å². The van der Waals surface area contributed by atoms with Crippen LogP contribution in [-0.2, 0) is 37.4 Å². The molecule has 0 amide bonds. The molecule has 0 atom stereocenters. The van der Waals surface area contributed by atoms with Crippen LogP contribution in [0.5, 0.6) is 0 Å². The molecule has 0 radical (unpaired) electrons. The van der Waals surface area contributed by atoms with Gasteiger partial charge in [0, 0.05) is 0 Å². The van der Waals surface area contributed by atoms with Crippen molar-refractivity contribution in [2.45, 2.75) is 6.16 Å². The molecule has 0 fully saturated rings. The van der Waals surface area contributed by atoms with Gasteiger partial charge < -0.3 is 0 Å². The average molecular weight is 183 g/mol. The average Bonchev–Trinajstić information content (AvgIpc) is 2.06. The summed E-state index contributed by atoms with van der Waals surface area (Å²) in [4.78, 5) is 0. The second-order valence-electron chi connectivity index (χ2n) is 1.36. The second-order valence-corrected chi connectivity index (χ2v) is 1.36. The molecule has 0 aromatic heterocycles. The van der Waals surface area contributed by atoms with E-state index in [2.05, 4.69) is 18.6 Å². The Balaban J connectivity index is 4.53. The molecule has 64 valence electrons. The Bertz CT molecular complexity index is 157. The van der Waals surface area contributed by atoms with Crippen LogP contribution in [0.25, 0.3) is 0 Å². The first-order chi connectivity index (χ1) is 6.24. The standard InChI is InChI=1S/CB4O8/c6-2-10-1(11-3-7,12-4-8)13-5-9. The van der Waals surface area contributed by atoms with Crippen LogP contribution in [0.1, 0.15) is 0 Å². The van der Waals surface area contributed by atoms with E-state index in [1.54, 1.807) is 0 Å². The fourth-order valence-electron chi connectivity index (χ4n) is 0.402. The molecular weight excluding hydrogens is 183 g/mol. The van der Waals surface area contributed by atoms with Gasteiger partial charge in [0.15, 0.2) is 0 Å². The predicted octanol–water partition coefficient (Wildman–Crippen LogP) is -2.48. The van der Waals surface area contributed by atoms with Gasteiger partial charge in [-0.2, -0.15) is 0 Å². The molecule has 0 aliphatic carbocycles. The monoisotopic (exact) mass is 184 g/mol. The van der Waals surface area contributed by atoms with Gasteiger partial charge in [0.2, 0.25) is 0 Å². The van der Waals surface area contributed by atoms with Gasteiger partial charge in [-0.1, -0.05) is 0 Å². The molecule has 0 aromatic carbocycles. The van der Waals surface area contributed by atoms with Gasteiger partial charge in [-0.25, -0.2) is 0 Å². The molecule has 0 aliphatic heterocycles. The minimum atomic E-state index is -2.77. The molecule has 0 saturated carbocycles. The van der Waals surface area contributed by atoms with E-state index in [1.165, 1.54) is 0 Å². The SMILES string of the molecule is O=BOC(OB=O)(OB=O)OB=O. The van der Waals surface area contributed by atoms with E-state index in [1.807, 2.05) is 0 Å². The molecule has 0 unspecified atom stereocenters. The third-order valence-corrected chi connectivity index (χ3v) is 0.770. The zero-order chi connectivity index (χ0) is 10.2. The van der Waals surface area contributed by atoms with Gasteiger partial charge in [0.1, 0.15) is 0 Å². The first-order valence-electron chi connectivity index (χ1n) is 2.70. The number of hydrogen-bond acceptors (Lipinski definition) is 8. The summed E-state index contributed by atoms with van der Waals surface area (Å²) in [5.74, 6) is 0. The van der Waals surface area contributed by atoms with Gasteiger partial charge in [-0.3, -0.25) is 0 Å². The minimum absolute atomic E-state index is 0.240. The molecule has 8 nitrogen and oxygen atoms in total. The van der Waals surface area contributed by atoms with Crippen LogP contribution in [0.3, 0.4) is 0 Å². The number of rotatable bonds is 8. The van der Waals surface area contributed by atoms with E-state index < -0.39 is 6.16 Å². The Morgan fingerprint density at radius 1 is 0.615 bits per heavy atom. The van der Waals surface area contributed by atoms with Crippen molar-refractivity contribution in [1.29, 1.82) is 0 Å². The molecule has 0 saturated heterocycles. The fraction of sp³-hybridized carbons (Fsp3) is 1.00. The van der Waals surface area contributed by atoms with Crippen molar-refractivity contribution in [1.82, 2.24) is 0 Å². The van der Waals surface area contributed by atoms with Crippen LogP contribution in [0.15, 0.2) is 0 Å². The summed E-state index contributed by atoms with van der Waals surface area (Å²) >= 11 is 0. The summed E-state index contributed by atoms with van der Waals surface area (Å²) in [5, 5.41) is 0. The van der Waals surface area contributed by atoms with Crippen LogP contribution in [-0.4, -0.2) is 35.6 Å². The van der Waals surface area contributed by atoms with Crippen molar-refractivity contribution in [2.24, 2.45) is 0 Å². The van der Waals surface area contributed by atoms with Crippen LogP contribution < -0.4 is 0 Å². The maximum atomic E-state index is 9.83. The molecular formula is CB4O8. The summed E-state index contributed by atoms with van der Waals surface area (Å²) in [7, 11) is -0.958. The third kappa shape index (κ3) is 3.72. The Labute approximate surface area is 74.0 Å².